The van der Waals surface area contributed by atoms with Gasteiger partial charge in [0.1, 0.15) is 17.7 Å². The molecular formula is C26H40BrN3O6. The van der Waals surface area contributed by atoms with E-state index < -0.39 is 41.6 Å². The number of amides is 3. The Morgan fingerprint density at radius 1 is 1.00 bits per heavy atom. The van der Waals surface area contributed by atoms with E-state index in [0.29, 0.717) is 17.6 Å². The van der Waals surface area contributed by atoms with Crippen molar-refractivity contribution in [1.82, 2.24) is 10.6 Å². The van der Waals surface area contributed by atoms with Crippen molar-refractivity contribution >= 4 is 45.5 Å². The summed E-state index contributed by atoms with van der Waals surface area (Å²) in [6.07, 6.45) is 0.909. The molecule has 0 radical (unpaired) electrons. The third kappa shape index (κ3) is 12.4. The van der Waals surface area contributed by atoms with Gasteiger partial charge in [0.05, 0.1) is 6.61 Å². The Balaban J connectivity index is 2.96. The fourth-order valence-corrected chi connectivity index (χ4v) is 3.44. The molecule has 0 heterocycles. The molecule has 0 bridgehead atoms. The molecule has 0 aliphatic heterocycles. The monoisotopic (exact) mass is 569 g/mol. The summed E-state index contributed by atoms with van der Waals surface area (Å²) in [5.74, 6) is -1.75. The van der Waals surface area contributed by atoms with Crippen LogP contribution in [0.1, 0.15) is 72.8 Å². The van der Waals surface area contributed by atoms with Crippen LogP contribution in [0.25, 0.3) is 0 Å². The summed E-state index contributed by atoms with van der Waals surface area (Å²) in [4.78, 5) is 50.6. The second-order valence-electron chi connectivity index (χ2n) is 9.86. The van der Waals surface area contributed by atoms with Gasteiger partial charge in [0.15, 0.2) is 0 Å². The minimum atomic E-state index is -1.02. The number of carbonyl (C=O) groups is 4. The summed E-state index contributed by atoms with van der Waals surface area (Å²) in [5, 5.41) is 8.74. The lowest BCUT2D eigenvalue weighted by molar-refractivity contribution is -0.144. The maximum absolute atomic E-state index is 13.1. The molecule has 1 aromatic rings. The molecule has 0 aromatic heterocycles. The van der Waals surface area contributed by atoms with Crippen LogP contribution < -0.4 is 16.0 Å². The van der Waals surface area contributed by atoms with Crippen LogP contribution >= 0.6 is 15.9 Å². The molecule has 9 nitrogen and oxygen atoms in total. The number of halogens is 1. The molecule has 0 saturated carbocycles. The zero-order valence-corrected chi connectivity index (χ0v) is 23.7. The van der Waals surface area contributed by atoms with E-state index in [1.54, 1.807) is 46.8 Å². The lowest BCUT2D eigenvalue weighted by atomic mass is 10.0. The van der Waals surface area contributed by atoms with E-state index >= 15 is 0 Å². The summed E-state index contributed by atoms with van der Waals surface area (Å²) in [6, 6.07) is 5.28. The molecule has 2 atom stereocenters. The summed E-state index contributed by atoms with van der Waals surface area (Å²) in [7, 11) is 0. The highest BCUT2D eigenvalue weighted by Gasteiger charge is 2.30. The quantitative estimate of drug-likeness (QED) is 0.180. The summed E-state index contributed by atoms with van der Waals surface area (Å²) < 4.78 is 10.5. The van der Waals surface area contributed by atoms with E-state index in [-0.39, 0.29) is 18.8 Å². The van der Waals surface area contributed by atoms with E-state index in [1.807, 2.05) is 19.1 Å². The van der Waals surface area contributed by atoms with Crippen LogP contribution in [0.3, 0.4) is 0 Å². The summed E-state index contributed by atoms with van der Waals surface area (Å²) in [6.45, 7) is 11.0. The molecule has 36 heavy (non-hydrogen) atoms. The van der Waals surface area contributed by atoms with Gasteiger partial charge in [0.25, 0.3) is 0 Å². The first-order valence-electron chi connectivity index (χ1n) is 12.3. The third-order valence-electron chi connectivity index (χ3n) is 5.03. The standard InChI is InChI=1S/C26H40BrN3O6/c1-7-8-15-35-21(31)14-13-20(23(32)28-19-11-9-18(16-27)10-12-19)29-24(33)22(17(2)3)30-25(34)36-26(4,5)6/h9-12,17,20,22H,7-8,13-16H2,1-6H3,(H,28,32)(H,29,33)(H,30,34)/t20?,22-/m0/s1. The highest BCUT2D eigenvalue weighted by Crippen LogP contribution is 2.14. The van der Waals surface area contributed by atoms with Crippen molar-refractivity contribution in [3.05, 3.63) is 29.8 Å². The number of esters is 1. The van der Waals surface area contributed by atoms with Crippen LogP contribution in [0.2, 0.25) is 0 Å². The van der Waals surface area contributed by atoms with Crippen molar-refractivity contribution in [2.75, 3.05) is 11.9 Å². The van der Waals surface area contributed by atoms with Crippen molar-refractivity contribution in [3.8, 4) is 0 Å². The highest BCUT2D eigenvalue weighted by molar-refractivity contribution is 9.08. The lowest BCUT2D eigenvalue weighted by Gasteiger charge is -2.27. The van der Waals surface area contributed by atoms with Crippen LogP contribution in [0.4, 0.5) is 10.5 Å². The van der Waals surface area contributed by atoms with Gasteiger partial charge in [-0.3, -0.25) is 14.4 Å². The highest BCUT2D eigenvalue weighted by atomic mass is 79.9. The molecule has 3 amide bonds. The molecular weight excluding hydrogens is 530 g/mol. The lowest BCUT2D eigenvalue weighted by Crippen LogP contribution is -2.55. The van der Waals surface area contributed by atoms with Gasteiger partial charge in [-0.15, -0.1) is 0 Å². The van der Waals surface area contributed by atoms with E-state index in [0.717, 1.165) is 18.4 Å². The van der Waals surface area contributed by atoms with Gasteiger partial charge in [0.2, 0.25) is 11.8 Å². The number of benzene rings is 1. The molecule has 0 saturated heterocycles. The summed E-state index contributed by atoms with van der Waals surface area (Å²) >= 11 is 3.38. The maximum atomic E-state index is 13.1. The topological polar surface area (TPSA) is 123 Å². The average molecular weight is 571 g/mol. The number of hydrogen-bond donors (Lipinski definition) is 3. The first-order valence-corrected chi connectivity index (χ1v) is 13.4. The van der Waals surface area contributed by atoms with Crippen molar-refractivity contribution in [3.63, 3.8) is 0 Å². The van der Waals surface area contributed by atoms with E-state index in [2.05, 4.69) is 31.9 Å². The first-order chi connectivity index (χ1) is 16.9. The van der Waals surface area contributed by atoms with E-state index in [4.69, 9.17) is 9.47 Å². The first kappa shape index (κ1) is 31.4. The van der Waals surface area contributed by atoms with Gasteiger partial charge in [0, 0.05) is 17.4 Å². The minimum absolute atomic E-state index is 0.0409. The van der Waals surface area contributed by atoms with Crippen LogP contribution in [0, 0.1) is 5.92 Å². The zero-order chi connectivity index (χ0) is 27.3. The molecule has 1 aromatic carbocycles. The number of anilines is 1. The van der Waals surface area contributed by atoms with Crippen LogP contribution in [-0.4, -0.2) is 48.2 Å². The molecule has 0 fully saturated rings. The SMILES string of the molecule is CCCCOC(=O)CCC(NC(=O)[C@@H](NC(=O)OC(C)(C)C)C(C)C)C(=O)Nc1ccc(CBr)cc1. The van der Waals surface area contributed by atoms with E-state index in [9.17, 15) is 19.2 Å². The Bertz CT molecular complexity index is 867. The number of unbranched alkanes of at least 4 members (excludes halogenated alkanes) is 1. The van der Waals surface area contributed by atoms with Gasteiger partial charge in [-0.05, 0) is 57.2 Å². The molecule has 0 aliphatic rings. The van der Waals surface area contributed by atoms with Gasteiger partial charge in [-0.2, -0.15) is 0 Å². The number of rotatable bonds is 13. The summed E-state index contributed by atoms with van der Waals surface area (Å²) in [5.41, 5.74) is 0.870. The van der Waals surface area contributed by atoms with Gasteiger partial charge < -0.3 is 25.4 Å². The predicted octanol–water partition coefficient (Wildman–Crippen LogP) is 4.68. The third-order valence-corrected chi connectivity index (χ3v) is 5.68. The van der Waals surface area contributed by atoms with Crippen molar-refractivity contribution < 1.29 is 28.7 Å². The van der Waals surface area contributed by atoms with Gasteiger partial charge in [-0.1, -0.05) is 55.3 Å². The van der Waals surface area contributed by atoms with Gasteiger partial charge >= 0.3 is 12.1 Å². The van der Waals surface area contributed by atoms with Crippen molar-refractivity contribution in [2.24, 2.45) is 5.92 Å². The minimum Gasteiger partial charge on any atom is -0.466 e. The Kier molecular flexibility index (Phi) is 13.5. The smallest absolute Gasteiger partial charge is 0.408 e. The number of alkyl halides is 1. The second kappa shape index (κ2) is 15.5. The maximum Gasteiger partial charge on any atom is 0.408 e. The van der Waals surface area contributed by atoms with E-state index in [1.165, 1.54) is 0 Å². The number of hydrogen-bond acceptors (Lipinski definition) is 6. The molecule has 0 aliphatic carbocycles. The molecule has 1 rings (SSSR count). The van der Waals surface area contributed by atoms with Crippen LogP contribution in [0.5, 0.6) is 0 Å². The predicted molar refractivity (Wildman–Crippen MR) is 143 cm³/mol. The number of carbonyl (C=O) groups excluding carboxylic acids is 4. The fraction of sp³-hybridized carbons (Fsp3) is 0.615. The molecule has 0 spiro atoms. The van der Waals surface area contributed by atoms with Gasteiger partial charge in [-0.25, -0.2) is 4.79 Å². The second-order valence-corrected chi connectivity index (χ2v) is 10.4. The molecule has 1 unspecified atom stereocenters. The molecule has 10 heteroatoms. The Hall–Kier alpha value is -2.62. The fourth-order valence-electron chi connectivity index (χ4n) is 3.07. The Labute approximate surface area is 222 Å². The average Bonchev–Trinajstić information content (AvgIpc) is 2.79. The Morgan fingerprint density at radius 2 is 1.64 bits per heavy atom. The number of ether oxygens (including phenoxy) is 2. The zero-order valence-electron chi connectivity index (χ0n) is 22.1. The number of alkyl carbamates (subject to hydrolysis) is 1. The normalized spacial score (nSPS) is 12.9. The van der Waals surface area contributed by atoms with Crippen molar-refractivity contribution in [2.45, 2.75) is 90.2 Å². The van der Waals surface area contributed by atoms with Crippen LogP contribution in [-0.2, 0) is 29.2 Å². The van der Waals surface area contributed by atoms with Crippen molar-refractivity contribution in [1.29, 1.82) is 0 Å². The largest absolute Gasteiger partial charge is 0.466 e. The molecule has 202 valence electrons. The Morgan fingerprint density at radius 3 is 2.17 bits per heavy atom. The molecule has 3 N–H and O–H groups in total. The van der Waals surface area contributed by atoms with Crippen LogP contribution in [0.15, 0.2) is 24.3 Å². The number of nitrogens with one attached hydrogen (secondary N) is 3.